The Hall–Kier alpha value is -1.33. The maximum absolute atomic E-state index is 8.49. The summed E-state index contributed by atoms with van der Waals surface area (Å²) in [4.78, 5) is 0. The molecule has 1 atom stereocenters. The van der Waals surface area contributed by atoms with Gasteiger partial charge in [-0.3, -0.25) is 0 Å². The summed E-state index contributed by atoms with van der Waals surface area (Å²) in [6, 6.07) is 10.8. The highest BCUT2D eigenvalue weighted by molar-refractivity contribution is 5.21. The summed E-state index contributed by atoms with van der Waals surface area (Å²) in [7, 11) is 0. The third kappa shape index (κ3) is 3.59. The van der Waals surface area contributed by atoms with E-state index in [1.807, 2.05) is 6.92 Å². The van der Waals surface area contributed by atoms with Gasteiger partial charge in [-0.15, -0.1) is 0 Å². The van der Waals surface area contributed by atoms with E-state index in [9.17, 15) is 0 Å². The van der Waals surface area contributed by atoms with E-state index in [1.165, 1.54) is 11.1 Å². The van der Waals surface area contributed by atoms with Crippen molar-refractivity contribution in [3.8, 4) is 6.07 Å². The molecule has 1 aromatic rings. The van der Waals surface area contributed by atoms with Crippen LogP contribution in [0.4, 0.5) is 0 Å². The summed E-state index contributed by atoms with van der Waals surface area (Å²) >= 11 is 0. The van der Waals surface area contributed by atoms with Gasteiger partial charge >= 0.3 is 0 Å². The van der Waals surface area contributed by atoms with E-state index < -0.39 is 0 Å². The summed E-state index contributed by atoms with van der Waals surface area (Å²) in [6.45, 7) is 4.95. The minimum Gasteiger partial charge on any atom is -0.309 e. The lowest BCUT2D eigenvalue weighted by Crippen LogP contribution is -2.24. The standard InChI is InChI=1S/C12H16N2/c1-10-4-3-5-12(8-10)9-14-11(2)6-7-13/h3-5,8,11,14H,6,9H2,1-2H3. The average Bonchev–Trinajstić information content (AvgIpc) is 2.15. The van der Waals surface area contributed by atoms with Crippen LogP contribution < -0.4 is 5.32 Å². The Balaban J connectivity index is 2.42. The Kier molecular flexibility index (Phi) is 4.15. The van der Waals surface area contributed by atoms with Gasteiger partial charge in [0.15, 0.2) is 0 Å². The van der Waals surface area contributed by atoms with Gasteiger partial charge < -0.3 is 5.32 Å². The van der Waals surface area contributed by atoms with Crippen LogP contribution in [0.15, 0.2) is 24.3 Å². The minimum absolute atomic E-state index is 0.264. The largest absolute Gasteiger partial charge is 0.309 e. The monoisotopic (exact) mass is 188 g/mol. The van der Waals surface area contributed by atoms with Crippen molar-refractivity contribution < 1.29 is 0 Å². The number of hydrogen-bond acceptors (Lipinski definition) is 2. The van der Waals surface area contributed by atoms with Crippen LogP contribution in [0.3, 0.4) is 0 Å². The molecule has 0 radical (unpaired) electrons. The van der Waals surface area contributed by atoms with Crippen molar-refractivity contribution >= 4 is 0 Å². The van der Waals surface area contributed by atoms with Crippen LogP contribution in [-0.2, 0) is 6.54 Å². The second kappa shape index (κ2) is 5.41. The van der Waals surface area contributed by atoms with Gasteiger partial charge in [0.25, 0.3) is 0 Å². The smallest absolute Gasteiger partial charge is 0.0638 e. The SMILES string of the molecule is Cc1cccc(CNC(C)CC#N)c1. The van der Waals surface area contributed by atoms with Gasteiger partial charge in [-0.05, 0) is 19.4 Å². The molecule has 0 amide bonds. The van der Waals surface area contributed by atoms with Crippen LogP contribution in [0, 0.1) is 18.3 Å². The Bertz CT molecular complexity index is 325. The minimum atomic E-state index is 0.264. The van der Waals surface area contributed by atoms with Crippen LogP contribution in [0.1, 0.15) is 24.5 Å². The molecule has 1 rings (SSSR count). The molecule has 0 aliphatic rings. The third-order valence-electron chi connectivity index (χ3n) is 2.13. The van der Waals surface area contributed by atoms with Gasteiger partial charge in [-0.1, -0.05) is 29.8 Å². The topological polar surface area (TPSA) is 35.8 Å². The number of benzene rings is 1. The number of nitrogens with zero attached hydrogens (tertiary/aromatic N) is 1. The lowest BCUT2D eigenvalue weighted by Gasteiger charge is -2.10. The summed E-state index contributed by atoms with van der Waals surface area (Å²) in [5, 5.41) is 11.8. The maximum atomic E-state index is 8.49. The van der Waals surface area contributed by atoms with Gasteiger partial charge in [0.1, 0.15) is 0 Å². The number of nitrogens with one attached hydrogen (secondary N) is 1. The highest BCUT2D eigenvalue weighted by atomic mass is 14.9. The van der Waals surface area contributed by atoms with Crippen LogP contribution in [-0.4, -0.2) is 6.04 Å². The highest BCUT2D eigenvalue weighted by Gasteiger charge is 1.99. The van der Waals surface area contributed by atoms with Crippen molar-refractivity contribution in [3.05, 3.63) is 35.4 Å². The van der Waals surface area contributed by atoms with Crippen molar-refractivity contribution in [1.29, 1.82) is 5.26 Å². The third-order valence-corrected chi connectivity index (χ3v) is 2.13. The quantitative estimate of drug-likeness (QED) is 0.787. The first-order valence-electron chi connectivity index (χ1n) is 4.88. The zero-order chi connectivity index (χ0) is 10.4. The first kappa shape index (κ1) is 10.7. The van der Waals surface area contributed by atoms with E-state index in [4.69, 9.17) is 5.26 Å². The van der Waals surface area contributed by atoms with Gasteiger partial charge in [0, 0.05) is 12.6 Å². The summed E-state index contributed by atoms with van der Waals surface area (Å²) < 4.78 is 0. The predicted molar refractivity (Wildman–Crippen MR) is 57.7 cm³/mol. The molecule has 1 unspecified atom stereocenters. The Morgan fingerprint density at radius 1 is 1.50 bits per heavy atom. The number of aryl methyl sites for hydroxylation is 1. The van der Waals surface area contributed by atoms with Crippen LogP contribution in [0.2, 0.25) is 0 Å². The van der Waals surface area contributed by atoms with Crippen molar-refractivity contribution in [1.82, 2.24) is 5.32 Å². The molecule has 0 spiro atoms. The molecule has 0 fully saturated rings. The molecular formula is C12H16N2. The summed E-state index contributed by atoms with van der Waals surface area (Å²) in [6.07, 6.45) is 0.561. The Morgan fingerprint density at radius 3 is 2.93 bits per heavy atom. The fourth-order valence-electron chi connectivity index (χ4n) is 1.32. The van der Waals surface area contributed by atoms with Crippen LogP contribution in [0.5, 0.6) is 0 Å². The van der Waals surface area contributed by atoms with Crippen molar-refractivity contribution in [3.63, 3.8) is 0 Å². The van der Waals surface area contributed by atoms with Crippen molar-refractivity contribution in [2.45, 2.75) is 32.9 Å². The second-order valence-electron chi connectivity index (χ2n) is 3.63. The number of hydrogen-bond donors (Lipinski definition) is 1. The van der Waals surface area contributed by atoms with Gasteiger partial charge in [0.2, 0.25) is 0 Å². The molecule has 0 aromatic heterocycles. The van der Waals surface area contributed by atoms with Gasteiger partial charge in [0.05, 0.1) is 12.5 Å². The summed E-state index contributed by atoms with van der Waals surface area (Å²) in [5.41, 5.74) is 2.55. The molecule has 2 heteroatoms. The number of rotatable bonds is 4. The van der Waals surface area contributed by atoms with Gasteiger partial charge in [-0.2, -0.15) is 5.26 Å². The predicted octanol–water partition coefficient (Wildman–Crippen LogP) is 2.39. The molecule has 0 heterocycles. The van der Waals surface area contributed by atoms with Crippen molar-refractivity contribution in [2.75, 3.05) is 0 Å². The molecule has 74 valence electrons. The Morgan fingerprint density at radius 2 is 2.29 bits per heavy atom. The van der Waals surface area contributed by atoms with E-state index in [0.29, 0.717) is 6.42 Å². The first-order valence-corrected chi connectivity index (χ1v) is 4.88. The van der Waals surface area contributed by atoms with Gasteiger partial charge in [-0.25, -0.2) is 0 Å². The molecule has 0 aliphatic heterocycles. The lowest BCUT2D eigenvalue weighted by atomic mass is 10.1. The maximum Gasteiger partial charge on any atom is 0.0638 e. The molecule has 0 bridgehead atoms. The zero-order valence-electron chi connectivity index (χ0n) is 8.75. The fourth-order valence-corrected chi connectivity index (χ4v) is 1.32. The summed E-state index contributed by atoms with van der Waals surface area (Å²) in [5.74, 6) is 0. The lowest BCUT2D eigenvalue weighted by molar-refractivity contribution is 0.557. The fraction of sp³-hybridized carbons (Fsp3) is 0.417. The van der Waals surface area contributed by atoms with Crippen molar-refractivity contribution in [2.24, 2.45) is 0 Å². The second-order valence-corrected chi connectivity index (χ2v) is 3.63. The highest BCUT2D eigenvalue weighted by Crippen LogP contribution is 2.03. The molecule has 14 heavy (non-hydrogen) atoms. The Labute approximate surface area is 85.6 Å². The van der Waals surface area contributed by atoms with E-state index in [1.54, 1.807) is 0 Å². The molecule has 1 aromatic carbocycles. The normalized spacial score (nSPS) is 12.1. The van der Waals surface area contributed by atoms with E-state index >= 15 is 0 Å². The number of nitriles is 1. The van der Waals surface area contributed by atoms with Crippen LogP contribution >= 0.6 is 0 Å². The zero-order valence-corrected chi connectivity index (χ0v) is 8.75. The van der Waals surface area contributed by atoms with E-state index in [2.05, 4.69) is 42.6 Å². The van der Waals surface area contributed by atoms with Crippen LogP contribution in [0.25, 0.3) is 0 Å². The molecule has 0 saturated heterocycles. The first-order chi connectivity index (χ1) is 6.72. The van der Waals surface area contributed by atoms with E-state index in [-0.39, 0.29) is 6.04 Å². The molecule has 2 nitrogen and oxygen atoms in total. The average molecular weight is 188 g/mol. The molecule has 0 aliphatic carbocycles. The molecular weight excluding hydrogens is 172 g/mol. The van der Waals surface area contributed by atoms with E-state index in [0.717, 1.165) is 6.54 Å². The molecule has 0 saturated carbocycles. The molecule has 1 N–H and O–H groups in total.